The molecule has 0 fully saturated rings. The Balaban J connectivity index is 1.85. The molecule has 2 heterocycles. The average Bonchev–Trinajstić information content (AvgIpc) is 2.69. The first-order valence-corrected chi connectivity index (χ1v) is 9.00. The van der Waals surface area contributed by atoms with Crippen molar-refractivity contribution in [1.82, 2.24) is 9.97 Å². The van der Waals surface area contributed by atoms with E-state index in [1.165, 1.54) is 0 Å². The number of halogens is 1. The lowest BCUT2D eigenvalue weighted by Crippen LogP contribution is -2.13. The van der Waals surface area contributed by atoms with Gasteiger partial charge in [0.15, 0.2) is 0 Å². The largest absolute Gasteiger partial charge is 0.505 e. The van der Waals surface area contributed by atoms with E-state index in [1.807, 2.05) is 61.5 Å². The second kappa shape index (κ2) is 7.25. The van der Waals surface area contributed by atoms with Gasteiger partial charge in [0.25, 0.3) is 0 Å². The molecule has 0 aliphatic carbocycles. The average molecular weight is 376 g/mol. The Morgan fingerprint density at radius 1 is 1.00 bits per heavy atom. The summed E-state index contributed by atoms with van der Waals surface area (Å²) in [7, 11) is 0. The lowest BCUT2D eigenvalue weighted by Gasteiger charge is -2.23. The van der Waals surface area contributed by atoms with E-state index >= 15 is 0 Å². The minimum atomic E-state index is -0.265. The number of aryl methyl sites for hydroxylation is 1. The maximum Gasteiger partial charge on any atom is 0.147 e. The van der Waals surface area contributed by atoms with E-state index < -0.39 is 0 Å². The number of nitrogens with zero attached hydrogens (tertiary/aromatic N) is 2. The van der Waals surface area contributed by atoms with Crippen LogP contribution < -0.4 is 5.32 Å². The zero-order valence-corrected chi connectivity index (χ0v) is 15.5. The maximum absolute atomic E-state index is 10.9. The molecule has 4 rings (SSSR count). The lowest BCUT2D eigenvalue weighted by molar-refractivity contribution is 0.471. The second-order valence-electron chi connectivity index (χ2n) is 6.40. The van der Waals surface area contributed by atoms with Gasteiger partial charge in [-0.2, -0.15) is 0 Å². The fraction of sp³-hybridized carbons (Fsp3) is 0.0909. The smallest absolute Gasteiger partial charge is 0.147 e. The van der Waals surface area contributed by atoms with Crippen molar-refractivity contribution in [3.63, 3.8) is 0 Å². The van der Waals surface area contributed by atoms with Crippen molar-refractivity contribution in [2.75, 3.05) is 5.32 Å². The van der Waals surface area contributed by atoms with E-state index in [2.05, 4.69) is 15.3 Å². The van der Waals surface area contributed by atoms with Gasteiger partial charge in [-0.15, -0.1) is 0 Å². The third kappa shape index (κ3) is 3.44. The molecule has 0 bridgehead atoms. The van der Waals surface area contributed by atoms with Crippen LogP contribution in [0.15, 0.2) is 73.2 Å². The summed E-state index contributed by atoms with van der Waals surface area (Å²) in [5.74, 6) is 0.175. The number of benzene rings is 2. The minimum absolute atomic E-state index is 0.175. The first-order valence-electron chi connectivity index (χ1n) is 8.62. The molecule has 5 heteroatoms. The van der Waals surface area contributed by atoms with Gasteiger partial charge in [0.1, 0.15) is 11.3 Å². The molecule has 0 aliphatic heterocycles. The molecule has 134 valence electrons. The molecule has 4 aromatic rings. The third-order valence-corrected chi connectivity index (χ3v) is 4.85. The fourth-order valence-corrected chi connectivity index (χ4v) is 3.45. The molecule has 2 aromatic heterocycles. The summed E-state index contributed by atoms with van der Waals surface area (Å²) in [6, 6.07) is 17.0. The predicted octanol–water partition coefficient (Wildman–Crippen LogP) is 5.50. The molecule has 0 amide bonds. The minimum Gasteiger partial charge on any atom is -0.505 e. The van der Waals surface area contributed by atoms with Crippen LogP contribution in [0, 0.1) is 6.92 Å². The highest BCUT2D eigenvalue weighted by Gasteiger charge is 2.20. The molecule has 0 saturated carbocycles. The van der Waals surface area contributed by atoms with E-state index in [4.69, 9.17) is 11.6 Å². The molecule has 4 nitrogen and oxygen atoms in total. The Hall–Kier alpha value is -3.11. The molecule has 0 radical (unpaired) electrons. The first kappa shape index (κ1) is 17.3. The Morgan fingerprint density at radius 2 is 1.81 bits per heavy atom. The SMILES string of the molecule is Cc1cc(Cl)ccc1NC(c1ccncc1)c1ccc2cccnc2c1O. The van der Waals surface area contributed by atoms with Gasteiger partial charge in [0.2, 0.25) is 0 Å². The van der Waals surface area contributed by atoms with E-state index in [0.717, 1.165) is 27.8 Å². The summed E-state index contributed by atoms with van der Waals surface area (Å²) >= 11 is 6.09. The number of anilines is 1. The Bertz CT molecular complexity index is 1100. The fourth-order valence-electron chi connectivity index (χ4n) is 3.22. The molecular formula is C22H18ClN3O. The van der Waals surface area contributed by atoms with Crippen molar-refractivity contribution < 1.29 is 5.11 Å². The Labute approximate surface area is 162 Å². The number of phenolic OH excluding ortho intramolecular Hbond substituents is 1. The quantitative estimate of drug-likeness (QED) is 0.494. The number of nitrogens with one attached hydrogen (secondary N) is 1. The van der Waals surface area contributed by atoms with Gasteiger partial charge in [-0.1, -0.05) is 29.8 Å². The van der Waals surface area contributed by atoms with E-state index in [-0.39, 0.29) is 11.8 Å². The van der Waals surface area contributed by atoms with Crippen molar-refractivity contribution in [2.24, 2.45) is 0 Å². The van der Waals surface area contributed by atoms with Crippen molar-refractivity contribution in [1.29, 1.82) is 0 Å². The zero-order chi connectivity index (χ0) is 18.8. The van der Waals surface area contributed by atoms with Crippen LogP contribution in [0.3, 0.4) is 0 Å². The summed E-state index contributed by atoms with van der Waals surface area (Å²) < 4.78 is 0. The highest BCUT2D eigenvalue weighted by molar-refractivity contribution is 6.30. The summed E-state index contributed by atoms with van der Waals surface area (Å²) in [4.78, 5) is 8.46. The van der Waals surface area contributed by atoms with Gasteiger partial charge in [-0.3, -0.25) is 9.97 Å². The van der Waals surface area contributed by atoms with Crippen molar-refractivity contribution in [2.45, 2.75) is 13.0 Å². The van der Waals surface area contributed by atoms with Crippen LogP contribution in [0.4, 0.5) is 5.69 Å². The second-order valence-corrected chi connectivity index (χ2v) is 6.83. The predicted molar refractivity (Wildman–Crippen MR) is 109 cm³/mol. The molecule has 0 spiro atoms. The molecule has 2 N–H and O–H groups in total. The molecule has 1 atom stereocenters. The van der Waals surface area contributed by atoms with Crippen LogP contribution in [0.25, 0.3) is 10.9 Å². The van der Waals surface area contributed by atoms with Crippen LogP contribution in [0.2, 0.25) is 5.02 Å². The lowest BCUT2D eigenvalue weighted by atomic mass is 9.96. The van der Waals surface area contributed by atoms with Gasteiger partial charge < -0.3 is 10.4 Å². The van der Waals surface area contributed by atoms with Crippen LogP contribution in [0.5, 0.6) is 5.75 Å². The van der Waals surface area contributed by atoms with Gasteiger partial charge in [-0.25, -0.2) is 0 Å². The van der Waals surface area contributed by atoms with Gasteiger partial charge in [0, 0.05) is 40.3 Å². The summed E-state index contributed by atoms with van der Waals surface area (Å²) in [5, 5.41) is 16.1. The number of hydrogen-bond acceptors (Lipinski definition) is 4. The monoisotopic (exact) mass is 375 g/mol. The number of pyridine rings is 2. The molecular weight excluding hydrogens is 358 g/mol. The van der Waals surface area contributed by atoms with Crippen LogP contribution in [-0.4, -0.2) is 15.1 Å². The topological polar surface area (TPSA) is 58.0 Å². The molecule has 0 saturated heterocycles. The maximum atomic E-state index is 10.9. The summed E-state index contributed by atoms with van der Waals surface area (Å²) in [6.07, 6.45) is 5.17. The van der Waals surface area contributed by atoms with Crippen LogP contribution >= 0.6 is 11.6 Å². The van der Waals surface area contributed by atoms with Crippen LogP contribution in [-0.2, 0) is 0 Å². The van der Waals surface area contributed by atoms with Crippen molar-refractivity contribution in [3.8, 4) is 5.75 Å². The number of fused-ring (bicyclic) bond motifs is 1. The highest BCUT2D eigenvalue weighted by atomic mass is 35.5. The van der Waals surface area contributed by atoms with Crippen molar-refractivity contribution in [3.05, 3.63) is 94.9 Å². The van der Waals surface area contributed by atoms with Gasteiger partial charge in [-0.05, 0) is 54.4 Å². The molecule has 27 heavy (non-hydrogen) atoms. The van der Waals surface area contributed by atoms with E-state index in [0.29, 0.717) is 10.5 Å². The zero-order valence-electron chi connectivity index (χ0n) is 14.7. The standard InChI is InChI=1S/C22H18ClN3O/c1-14-13-17(23)5-7-19(14)26-20(16-8-11-24-12-9-16)18-6-4-15-3-2-10-25-21(15)22(18)27/h2-13,20,26-27H,1H3. The number of rotatable bonds is 4. The highest BCUT2D eigenvalue weighted by Crippen LogP contribution is 2.37. The molecule has 2 aromatic carbocycles. The van der Waals surface area contributed by atoms with Gasteiger partial charge >= 0.3 is 0 Å². The van der Waals surface area contributed by atoms with Crippen molar-refractivity contribution >= 4 is 28.2 Å². The molecule has 1 unspecified atom stereocenters. The number of aromatic hydroxyl groups is 1. The van der Waals surface area contributed by atoms with E-state index in [1.54, 1.807) is 18.6 Å². The van der Waals surface area contributed by atoms with Crippen LogP contribution in [0.1, 0.15) is 22.7 Å². The Kier molecular flexibility index (Phi) is 4.65. The van der Waals surface area contributed by atoms with E-state index in [9.17, 15) is 5.11 Å². The molecule has 0 aliphatic rings. The summed E-state index contributed by atoms with van der Waals surface area (Å²) in [6.45, 7) is 2.00. The van der Waals surface area contributed by atoms with Gasteiger partial charge in [0.05, 0.1) is 6.04 Å². The number of hydrogen-bond donors (Lipinski definition) is 2. The summed E-state index contributed by atoms with van der Waals surface area (Å²) in [5.41, 5.74) is 4.30. The number of phenols is 1. The third-order valence-electron chi connectivity index (χ3n) is 4.62. The normalized spacial score (nSPS) is 12.1. The Morgan fingerprint density at radius 3 is 2.59 bits per heavy atom. The number of aromatic nitrogens is 2. The first-order chi connectivity index (χ1) is 13.1.